The van der Waals surface area contributed by atoms with Gasteiger partial charge >= 0.3 is 0 Å². The van der Waals surface area contributed by atoms with Gasteiger partial charge in [0.15, 0.2) is 5.78 Å². The van der Waals surface area contributed by atoms with E-state index in [0.717, 1.165) is 10.9 Å². The molecule has 4 heteroatoms. The Morgan fingerprint density at radius 3 is 3.07 bits per heavy atom. The number of H-pyrrole nitrogens is 1. The van der Waals surface area contributed by atoms with Gasteiger partial charge in [-0.3, -0.25) is 10.1 Å². The van der Waals surface area contributed by atoms with Gasteiger partial charge < -0.3 is 4.98 Å². The first-order chi connectivity index (χ1) is 6.81. The van der Waals surface area contributed by atoms with Crippen LogP contribution in [0.4, 0.5) is 0 Å². The molecule has 14 heavy (non-hydrogen) atoms. The Bertz CT molecular complexity index is 461. The molecule has 0 bridgehead atoms. The molecule has 0 unspecified atom stereocenters. The molecule has 0 fully saturated rings. The second kappa shape index (κ2) is 3.61. The summed E-state index contributed by atoms with van der Waals surface area (Å²) in [6, 6.07) is 7.15. The average molecular weight is 191 g/mol. The number of ketones is 1. The maximum Gasteiger partial charge on any atom is 0.191 e. The van der Waals surface area contributed by atoms with Crippen molar-refractivity contribution in [2.24, 2.45) is 0 Å². The first-order valence-corrected chi connectivity index (χ1v) is 4.18. The summed E-state index contributed by atoms with van der Waals surface area (Å²) in [5.41, 5.74) is 1.51. The van der Waals surface area contributed by atoms with Crippen LogP contribution >= 0.6 is 0 Å². The van der Waals surface area contributed by atoms with Crippen LogP contribution in [0.1, 0.15) is 10.4 Å². The van der Waals surface area contributed by atoms with Gasteiger partial charge in [0.05, 0.1) is 0 Å². The highest BCUT2D eigenvalue weighted by Gasteiger charge is 2.06. The lowest BCUT2D eigenvalue weighted by Crippen LogP contribution is -2.06. The van der Waals surface area contributed by atoms with Crippen LogP contribution in [0.15, 0.2) is 30.5 Å². The van der Waals surface area contributed by atoms with Gasteiger partial charge in [-0.25, -0.2) is 4.89 Å². The first kappa shape index (κ1) is 8.93. The lowest BCUT2D eigenvalue weighted by molar-refractivity contribution is -0.230. The number of benzene rings is 1. The van der Waals surface area contributed by atoms with Crippen molar-refractivity contribution in [3.8, 4) is 0 Å². The van der Waals surface area contributed by atoms with Crippen LogP contribution in [0, 0.1) is 0 Å². The zero-order chi connectivity index (χ0) is 9.97. The topological polar surface area (TPSA) is 62.3 Å². The third kappa shape index (κ3) is 1.53. The van der Waals surface area contributed by atoms with Crippen LogP contribution in [0.5, 0.6) is 0 Å². The Morgan fingerprint density at radius 1 is 1.43 bits per heavy atom. The summed E-state index contributed by atoms with van der Waals surface area (Å²) in [5, 5.41) is 9.11. The average Bonchev–Trinajstić information content (AvgIpc) is 2.64. The Labute approximate surface area is 80.1 Å². The molecule has 0 radical (unpaired) electrons. The molecule has 0 saturated heterocycles. The van der Waals surface area contributed by atoms with E-state index in [4.69, 9.17) is 5.26 Å². The summed E-state index contributed by atoms with van der Waals surface area (Å²) >= 11 is 0. The number of aromatic amines is 1. The van der Waals surface area contributed by atoms with Crippen LogP contribution in [-0.4, -0.2) is 22.6 Å². The minimum Gasteiger partial charge on any atom is -0.361 e. The fourth-order valence-electron chi connectivity index (χ4n) is 1.37. The monoisotopic (exact) mass is 191 g/mol. The van der Waals surface area contributed by atoms with Gasteiger partial charge in [-0.05, 0) is 24.3 Å². The van der Waals surface area contributed by atoms with Gasteiger partial charge in [0.25, 0.3) is 0 Å². The van der Waals surface area contributed by atoms with E-state index in [2.05, 4.69) is 9.87 Å². The van der Waals surface area contributed by atoms with Gasteiger partial charge in [-0.1, -0.05) is 0 Å². The number of hydrogen-bond acceptors (Lipinski definition) is 3. The molecule has 1 heterocycles. The van der Waals surface area contributed by atoms with Crippen molar-refractivity contribution in [1.29, 1.82) is 0 Å². The fraction of sp³-hybridized carbons (Fsp3) is 0.100. The number of rotatable bonds is 3. The normalized spacial score (nSPS) is 10.6. The van der Waals surface area contributed by atoms with Crippen LogP contribution in [0.2, 0.25) is 0 Å². The van der Waals surface area contributed by atoms with Gasteiger partial charge in [-0.2, -0.15) is 0 Å². The van der Waals surface area contributed by atoms with Crippen molar-refractivity contribution >= 4 is 16.7 Å². The third-order valence-corrected chi connectivity index (χ3v) is 2.07. The summed E-state index contributed by atoms with van der Waals surface area (Å²) in [7, 11) is 0. The molecule has 0 atom stereocenters. The van der Waals surface area contributed by atoms with Crippen molar-refractivity contribution in [1.82, 2.24) is 4.98 Å². The van der Waals surface area contributed by atoms with Crippen LogP contribution in [-0.2, 0) is 4.89 Å². The lowest BCUT2D eigenvalue weighted by Gasteiger charge is -1.98. The van der Waals surface area contributed by atoms with Crippen LogP contribution in [0.3, 0.4) is 0 Å². The molecular formula is C10H9NO3. The fourth-order valence-corrected chi connectivity index (χ4v) is 1.37. The molecule has 72 valence electrons. The summed E-state index contributed by atoms with van der Waals surface area (Å²) in [5.74, 6) is -0.240. The van der Waals surface area contributed by atoms with Crippen molar-refractivity contribution in [3.05, 3.63) is 36.0 Å². The summed E-state index contributed by atoms with van der Waals surface area (Å²) in [4.78, 5) is 18.1. The van der Waals surface area contributed by atoms with E-state index in [1.54, 1.807) is 12.1 Å². The van der Waals surface area contributed by atoms with E-state index in [9.17, 15) is 4.79 Å². The minimum absolute atomic E-state index is 0.240. The molecule has 0 aliphatic rings. The highest BCUT2D eigenvalue weighted by molar-refractivity contribution is 6.00. The molecular weight excluding hydrogens is 182 g/mol. The number of nitrogens with one attached hydrogen (secondary N) is 1. The summed E-state index contributed by atoms with van der Waals surface area (Å²) < 4.78 is 0. The number of Topliss-reactive ketones (excluding diaryl/α,β-unsaturated/α-hetero) is 1. The quantitative estimate of drug-likeness (QED) is 0.442. The zero-order valence-corrected chi connectivity index (χ0v) is 7.36. The van der Waals surface area contributed by atoms with Gasteiger partial charge in [0, 0.05) is 22.7 Å². The van der Waals surface area contributed by atoms with E-state index >= 15 is 0 Å². The second-order valence-electron chi connectivity index (χ2n) is 2.98. The molecule has 4 nitrogen and oxygen atoms in total. The Kier molecular flexibility index (Phi) is 2.30. The molecule has 2 N–H and O–H groups in total. The number of hydrogen-bond donors (Lipinski definition) is 2. The highest BCUT2D eigenvalue weighted by Crippen LogP contribution is 2.14. The van der Waals surface area contributed by atoms with Crippen LogP contribution in [0.25, 0.3) is 10.9 Å². The molecule has 0 spiro atoms. The minimum atomic E-state index is -0.310. The Balaban J connectivity index is 2.38. The number of carbonyl (C=O) groups excluding carboxylic acids is 1. The van der Waals surface area contributed by atoms with Crippen LogP contribution < -0.4 is 0 Å². The molecule has 1 aromatic heterocycles. The smallest absolute Gasteiger partial charge is 0.191 e. The van der Waals surface area contributed by atoms with Gasteiger partial charge in [0.2, 0.25) is 0 Å². The van der Waals surface area contributed by atoms with Gasteiger partial charge in [-0.15, -0.1) is 0 Å². The molecule has 0 aliphatic heterocycles. The molecule has 0 saturated carbocycles. The molecule has 1 aromatic carbocycles. The SMILES string of the molecule is O=C(COO)c1ccc2[nH]ccc2c1. The van der Waals surface area contributed by atoms with E-state index in [1.807, 2.05) is 18.3 Å². The van der Waals surface area contributed by atoms with E-state index < -0.39 is 0 Å². The molecule has 0 aliphatic carbocycles. The molecule has 2 rings (SSSR count). The van der Waals surface area contributed by atoms with E-state index in [0.29, 0.717) is 5.56 Å². The zero-order valence-electron chi connectivity index (χ0n) is 7.36. The predicted octanol–water partition coefficient (Wildman–Crippen LogP) is 1.84. The standard InChI is InChI=1S/C10H9NO3/c12-10(6-14-13)8-1-2-9-7(5-8)3-4-11-9/h1-5,11,13H,6H2. The summed E-state index contributed by atoms with van der Waals surface area (Å²) in [6.07, 6.45) is 1.81. The Morgan fingerprint density at radius 2 is 2.29 bits per heavy atom. The number of aromatic nitrogens is 1. The first-order valence-electron chi connectivity index (χ1n) is 4.18. The lowest BCUT2D eigenvalue weighted by atomic mass is 10.1. The maximum atomic E-state index is 11.3. The van der Waals surface area contributed by atoms with E-state index in [1.165, 1.54) is 0 Å². The maximum absolute atomic E-state index is 11.3. The summed E-state index contributed by atoms with van der Waals surface area (Å²) in [6.45, 7) is -0.310. The largest absolute Gasteiger partial charge is 0.361 e. The second-order valence-corrected chi connectivity index (χ2v) is 2.98. The van der Waals surface area contributed by atoms with Crippen molar-refractivity contribution in [2.45, 2.75) is 0 Å². The number of fused-ring (bicyclic) bond motifs is 1. The number of carbonyl (C=O) groups is 1. The van der Waals surface area contributed by atoms with Gasteiger partial charge in [0.1, 0.15) is 6.61 Å². The molecule has 2 aromatic rings. The van der Waals surface area contributed by atoms with E-state index in [-0.39, 0.29) is 12.4 Å². The van der Waals surface area contributed by atoms with Crippen molar-refractivity contribution in [2.75, 3.05) is 6.61 Å². The van der Waals surface area contributed by atoms with Crippen molar-refractivity contribution in [3.63, 3.8) is 0 Å². The molecule has 0 amide bonds. The highest BCUT2D eigenvalue weighted by atomic mass is 17.1. The van der Waals surface area contributed by atoms with Crippen molar-refractivity contribution < 1.29 is 14.9 Å². The Hall–Kier alpha value is -1.65. The third-order valence-electron chi connectivity index (χ3n) is 2.07. The predicted molar refractivity (Wildman–Crippen MR) is 51.2 cm³/mol.